The van der Waals surface area contributed by atoms with E-state index in [4.69, 9.17) is 0 Å². The summed E-state index contributed by atoms with van der Waals surface area (Å²) in [6.07, 6.45) is -4.15. The monoisotopic (exact) mass is 281 g/mol. The van der Waals surface area contributed by atoms with E-state index in [9.17, 15) is 21.6 Å². The first-order chi connectivity index (χ1) is 8.24. The summed E-state index contributed by atoms with van der Waals surface area (Å²) in [6, 6.07) is 4.86. The van der Waals surface area contributed by atoms with Crippen LogP contribution in [0.5, 0.6) is 0 Å². The Kier molecular flexibility index (Phi) is 4.75. The van der Waals surface area contributed by atoms with Crippen molar-refractivity contribution in [3.63, 3.8) is 0 Å². The van der Waals surface area contributed by atoms with Gasteiger partial charge in [-0.05, 0) is 25.0 Å². The van der Waals surface area contributed by atoms with Gasteiger partial charge in [-0.2, -0.15) is 13.2 Å². The van der Waals surface area contributed by atoms with E-state index >= 15 is 0 Å². The zero-order valence-electron chi connectivity index (χ0n) is 9.79. The minimum absolute atomic E-state index is 0.0460. The lowest BCUT2D eigenvalue weighted by molar-refractivity contribution is -0.137. The molecule has 0 radical (unpaired) electrons. The van der Waals surface area contributed by atoms with Gasteiger partial charge in [-0.25, -0.2) is 13.1 Å². The first-order valence-corrected chi connectivity index (χ1v) is 7.03. The van der Waals surface area contributed by atoms with Crippen molar-refractivity contribution in [1.82, 2.24) is 4.72 Å². The second-order valence-electron chi connectivity index (χ2n) is 3.75. The summed E-state index contributed by atoms with van der Waals surface area (Å²) in [5, 5.41) is 0. The first kappa shape index (κ1) is 15.0. The molecule has 0 aromatic heterocycles. The zero-order chi connectivity index (χ0) is 13.8. The quantitative estimate of drug-likeness (QED) is 0.899. The summed E-state index contributed by atoms with van der Waals surface area (Å²) >= 11 is 0. The maximum atomic E-state index is 12.4. The van der Waals surface area contributed by atoms with Crippen LogP contribution in [0.1, 0.15) is 18.1 Å². The number of sulfonamides is 1. The topological polar surface area (TPSA) is 46.2 Å². The van der Waals surface area contributed by atoms with Crippen molar-refractivity contribution in [2.75, 3.05) is 12.3 Å². The molecular formula is C11H14F3NO2S. The molecule has 0 atom stereocenters. The Morgan fingerprint density at radius 2 is 1.94 bits per heavy atom. The van der Waals surface area contributed by atoms with Crippen molar-refractivity contribution in [3.05, 3.63) is 35.4 Å². The van der Waals surface area contributed by atoms with Gasteiger partial charge in [-0.15, -0.1) is 0 Å². The molecule has 0 aliphatic carbocycles. The van der Waals surface area contributed by atoms with Crippen LogP contribution in [0.2, 0.25) is 0 Å². The van der Waals surface area contributed by atoms with E-state index in [1.807, 2.05) is 0 Å². The fraction of sp³-hybridized carbons (Fsp3) is 0.455. The Balaban J connectivity index is 2.64. The van der Waals surface area contributed by atoms with Crippen molar-refractivity contribution in [3.8, 4) is 0 Å². The van der Waals surface area contributed by atoms with Gasteiger partial charge in [0.25, 0.3) is 0 Å². The third-order valence-electron chi connectivity index (χ3n) is 2.37. The molecule has 18 heavy (non-hydrogen) atoms. The van der Waals surface area contributed by atoms with Crippen molar-refractivity contribution in [2.45, 2.75) is 19.5 Å². The third kappa shape index (κ3) is 4.66. The van der Waals surface area contributed by atoms with Gasteiger partial charge >= 0.3 is 6.18 Å². The Labute approximate surface area is 104 Å². The molecule has 0 aliphatic heterocycles. The molecule has 0 unspecified atom stereocenters. The Morgan fingerprint density at radius 3 is 2.50 bits per heavy atom. The smallest absolute Gasteiger partial charge is 0.215 e. The predicted octanol–water partition coefficient (Wildman–Crippen LogP) is 2.19. The van der Waals surface area contributed by atoms with Gasteiger partial charge in [-0.1, -0.05) is 18.2 Å². The molecule has 0 saturated heterocycles. The highest BCUT2D eigenvalue weighted by Gasteiger charge is 2.30. The van der Waals surface area contributed by atoms with Crippen LogP contribution in [0.4, 0.5) is 13.2 Å². The van der Waals surface area contributed by atoms with Crippen molar-refractivity contribution < 1.29 is 21.6 Å². The Hall–Kier alpha value is -1.08. The second-order valence-corrected chi connectivity index (χ2v) is 5.84. The second kappa shape index (κ2) is 5.71. The largest absolute Gasteiger partial charge is 0.416 e. The van der Waals surface area contributed by atoms with Crippen LogP contribution >= 0.6 is 0 Å². The number of alkyl halides is 3. The molecule has 7 heteroatoms. The van der Waals surface area contributed by atoms with Crippen LogP contribution in [0.15, 0.2) is 24.3 Å². The average Bonchev–Trinajstić information content (AvgIpc) is 2.28. The zero-order valence-corrected chi connectivity index (χ0v) is 10.6. The van der Waals surface area contributed by atoms with Gasteiger partial charge < -0.3 is 0 Å². The molecule has 0 bridgehead atoms. The summed E-state index contributed by atoms with van der Waals surface area (Å²) in [5.41, 5.74) is -0.276. The Bertz CT molecular complexity index is 497. The SMILES string of the molecule is CCS(=O)(=O)NCCc1cccc(C(F)(F)F)c1. The fourth-order valence-corrected chi connectivity index (χ4v) is 1.97. The maximum absolute atomic E-state index is 12.4. The number of halogens is 3. The van der Waals surface area contributed by atoms with Crippen LogP contribution in [0.3, 0.4) is 0 Å². The standard InChI is InChI=1S/C11H14F3NO2S/c1-2-18(16,17)15-7-6-9-4-3-5-10(8-9)11(12,13)14/h3-5,8,15H,2,6-7H2,1H3. The van der Waals surface area contributed by atoms with Gasteiger partial charge in [0.1, 0.15) is 0 Å². The molecule has 1 N–H and O–H groups in total. The van der Waals surface area contributed by atoms with E-state index in [1.54, 1.807) is 0 Å². The maximum Gasteiger partial charge on any atom is 0.416 e. The molecule has 1 aromatic carbocycles. The molecule has 0 saturated carbocycles. The lowest BCUT2D eigenvalue weighted by Gasteiger charge is -2.09. The number of rotatable bonds is 5. The van der Waals surface area contributed by atoms with Crippen LogP contribution in [-0.4, -0.2) is 20.7 Å². The van der Waals surface area contributed by atoms with Gasteiger partial charge in [0.2, 0.25) is 10.0 Å². The van der Waals surface area contributed by atoms with Crippen LogP contribution < -0.4 is 4.72 Å². The highest BCUT2D eigenvalue weighted by Crippen LogP contribution is 2.29. The summed E-state index contributed by atoms with van der Waals surface area (Å²) in [7, 11) is -3.30. The van der Waals surface area contributed by atoms with E-state index in [-0.39, 0.29) is 18.7 Å². The van der Waals surface area contributed by atoms with Crippen molar-refractivity contribution in [2.24, 2.45) is 0 Å². The minimum Gasteiger partial charge on any atom is -0.215 e. The van der Waals surface area contributed by atoms with Gasteiger partial charge in [-0.3, -0.25) is 0 Å². The van der Waals surface area contributed by atoms with Crippen molar-refractivity contribution in [1.29, 1.82) is 0 Å². The fourth-order valence-electron chi connectivity index (χ4n) is 1.36. The average molecular weight is 281 g/mol. The van der Waals surface area contributed by atoms with E-state index in [0.717, 1.165) is 12.1 Å². The number of benzene rings is 1. The van der Waals surface area contributed by atoms with Gasteiger partial charge in [0.05, 0.1) is 11.3 Å². The molecule has 3 nitrogen and oxygen atoms in total. The lowest BCUT2D eigenvalue weighted by Crippen LogP contribution is -2.27. The highest BCUT2D eigenvalue weighted by molar-refractivity contribution is 7.89. The lowest BCUT2D eigenvalue weighted by atomic mass is 10.1. The molecule has 0 heterocycles. The van der Waals surface area contributed by atoms with E-state index in [1.165, 1.54) is 19.1 Å². The predicted molar refractivity (Wildman–Crippen MR) is 62.6 cm³/mol. The van der Waals surface area contributed by atoms with E-state index in [0.29, 0.717) is 5.56 Å². The first-order valence-electron chi connectivity index (χ1n) is 5.38. The molecule has 0 fully saturated rings. The molecule has 1 aromatic rings. The summed E-state index contributed by atoms with van der Waals surface area (Å²) in [4.78, 5) is 0. The Morgan fingerprint density at radius 1 is 1.28 bits per heavy atom. The summed E-state index contributed by atoms with van der Waals surface area (Å²) < 4.78 is 61.8. The molecular weight excluding hydrogens is 267 g/mol. The number of hydrogen-bond donors (Lipinski definition) is 1. The molecule has 0 aliphatic rings. The summed E-state index contributed by atoms with van der Waals surface area (Å²) in [6.45, 7) is 1.59. The summed E-state index contributed by atoms with van der Waals surface area (Å²) in [5.74, 6) is -0.0460. The minimum atomic E-state index is -4.38. The van der Waals surface area contributed by atoms with E-state index in [2.05, 4.69) is 4.72 Å². The molecule has 0 spiro atoms. The van der Waals surface area contributed by atoms with E-state index < -0.39 is 21.8 Å². The number of nitrogens with one attached hydrogen (secondary N) is 1. The third-order valence-corrected chi connectivity index (χ3v) is 3.77. The van der Waals surface area contributed by atoms with Gasteiger partial charge in [0.15, 0.2) is 0 Å². The van der Waals surface area contributed by atoms with Crippen molar-refractivity contribution >= 4 is 10.0 Å². The highest BCUT2D eigenvalue weighted by atomic mass is 32.2. The van der Waals surface area contributed by atoms with Crippen LogP contribution in [0, 0.1) is 0 Å². The normalized spacial score (nSPS) is 12.7. The van der Waals surface area contributed by atoms with Gasteiger partial charge in [0, 0.05) is 6.54 Å². The van der Waals surface area contributed by atoms with Crippen LogP contribution in [-0.2, 0) is 22.6 Å². The van der Waals surface area contributed by atoms with Crippen LogP contribution in [0.25, 0.3) is 0 Å². The molecule has 102 valence electrons. The number of hydrogen-bond acceptors (Lipinski definition) is 2. The molecule has 1 rings (SSSR count). The molecule has 0 amide bonds.